The number of carbonyl (C=O) groups excluding carboxylic acids is 2. The van der Waals surface area contributed by atoms with Gasteiger partial charge in [-0.25, -0.2) is 0 Å². The van der Waals surface area contributed by atoms with Gasteiger partial charge < -0.3 is 0 Å². The molecule has 0 aliphatic carbocycles. The molecule has 0 radical (unpaired) electrons. The molecule has 28 heavy (non-hydrogen) atoms. The highest BCUT2D eigenvalue weighted by atomic mass is 31.1. The zero-order valence-corrected chi connectivity index (χ0v) is 19.7. The van der Waals surface area contributed by atoms with Crippen molar-refractivity contribution in [1.82, 2.24) is 0 Å². The van der Waals surface area contributed by atoms with Crippen LogP contribution in [0.4, 0.5) is 0 Å². The minimum absolute atomic E-state index is 0.0104. The van der Waals surface area contributed by atoms with Crippen LogP contribution in [0.25, 0.3) is 0 Å². The molecule has 0 saturated carbocycles. The second-order valence-electron chi connectivity index (χ2n) is 8.86. The van der Waals surface area contributed by atoms with Gasteiger partial charge in [0.05, 0.1) is 0 Å². The van der Waals surface area contributed by atoms with Gasteiger partial charge >= 0.3 is 0 Å². The fraction of sp³-hybridized carbons (Fsp3) is 0.440. The third-order valence-corrected chi connectivity index (χ3v) is 7.37. The number of hydrogen-bond acceptors (Lipinski definition) is 2. The number of rotatable bonds is 5. The number of benzene rings is 2. The van der Waals surface area contributed by atoms with Crippen LogP contribution in [0.5, 0.6) is 0 Å². The van der Waals surface area contributed by atoms with E-state index >= 15 is 0 Å². The Labute approximate surface area is 171 Å². The van der Waals surface area contributed by atoms with Crippen molar-refractivity contribution in [3.05, 3.63) is 68.8 Å². The molecule has 1 atom stereocenters. The summed E-state index contributed by atoms with van der Waals surface area (Å²) >= 11 is 0. The Morgan fingerprint density at radius 1 is 0.750 bits per heavy atom. The summed E-state index contributed by atoms with van der Waals surface area (Å²) in [6.45, 7) is 18.4. The van der Waals surface area contributed by atoms with Crippen molar-refractivity contribution in [2.24, 2.45) is 0 Å². The van der Waals surface area contributed by atoms with Gasteiger partial charge in [-0.05, 0) is 74.0 Å². The molecule has 1 unspecified atom stereocenters. The molecule has 2 rings (SSSR count). The van der Waals surface area contributed by atoms with Crippen molar-refractivity contribution in [3.63, 3.8) is 0 Å². The topological polar surface area (TPSA) is 34.1 Å². The van der Waals surface area contributed by atoms with Gasteiger partial charge in [-0.3, -0.25) is 9.59 Å². The molecule has 2 aromatic carbocycles. The van der Waals surface area contributed by atoms with Crippen LogP contribution in [0.1, 0.15) is 81.8 Å². The molecular weight excluding hydrogens is 363 g/mol. The maximum absolute atomic E-state index is 13.5. The normalized spacial score (nSPS) is 12.8. The van der Waals surface area contributed by atoms with Crippen LogP contribution >= 0.6 is 7.92 Å². The molecule has 150 valence electrons. The Bertz CT molecular complexity index is 886. The van der Waals surface area contributed by atoms with Crippen molar-refractivity contribution < 1.29 is 9.59 Å². The Morgan fingerprint density at radius 3 is 1.43 bits per heavy atom. The lowest BCUT2D eigenvalue weighted by molar-refractivity contribution is 0.105. The molecule has 2 aromatic rings. The first-order valence-electron chi connectivity index (χ1n) is 9.94. The monoisotopic (exact) mass is 396 g/mol. The van der Waals surface area contributed by atoms with Gasteiger partial charge in [0.2, 0.25) is 0 Å². The zero-order valence-electron chi connectivity index (χ0n) is 18.8. The number of hydrogen-bond donors (Lipinski definition) is 0. The first kappa shape index (κ1) is 22.5. The molecule has 3 heteroatoms. The maximum atomic E-state index is 13.5. The fourth-order valence-corrected chi connectivity index (χ4v) is 5.90. The van der Waals surface area contributed by atoms with Gasteiger partial charge in [-0.1, -0.05) is 57.5 Å². The van der Waals surface area contributed by atoms with E-state index in [1.165, 1.54) is 5.56 Å². The Balaban J connectivity index is 2.52. The second kappa shape index (κ2) is 8.29. The lowest BCUT2D eigenvalue weighted by Crippen LogP contribution is -2.16. The molecule has 0 aliphatic rings. The van der Waals surface area contributed by atoms with E-state index < -0.39 is 7.92 Å². The number of carbonyl (C=O) groups is 2. The Morgan fingerprint density at radius 2 is 1.11 bits per heavy atom. The Kier molecular flexibility index (Phi) is 6.66. The molecule has 0 spiro atoms. The average molecular weight is 397 g/mol. The van der Waals surface area contributed by atoms with Crippen LogP contribution in [-0.4, -0.2) is 17.2 Å². The third kappa shape index (κ3) is 4.44. The van der Waals surface area contributed by atoms with Gasteiger partial charge in [0.15, 0.2) is 11.0 Å². The Hall–Kier alpha value is -1.79. The molecule has 0 aliphatic heterocycles. The second-order valence-corrected chi connectivity index (χ2v) is 11.2. The molecular formula is C25H33O2P. The summed E-state index contributed by atoms with van der Waals surface area (Å²) in [4.78, 5) is 26.9. The molecule has 0 fully saturated rings. The lowest BCUT2D eigenvalue weighted by atomic mass is 9.84. The van der Waals surface area contributed by atoms with Crippen LogP contribution in [0.3, 0.4) is 0 Å². The summed E-state index contributed by atoms with van der Waals surface area (Å²) in [6, 6.07) is 8.28. The first-order valence-corrected chi connectivity index (χ1v) is 11.5. The van der Waals surface area contributed by atoms with E-state index in [2.05, 4.69) is 32.9 Å². The van der Waals surface area contributed by atoms with Gasteiger partial charge in [0.1, 0.15) is 0 Å². The molecule has 0 aromatic heterocycles. The summed E-state index contributed by atoms with van der Waals surface area (Å²) < 4.78 is 0. The zero-order chi connectivity index (χ0) is 21.4. The maximum Gasteiger partial charge on any atom is 0.192 e. The summed E-state index contributed by atoms with van der Waals surface area (Å²) in [6.07, 6.45) is 0.569. The van der Waals surface area contributed by atoms with Crippen molar-refractivity contribution >= 4 is 19.0 Å². The lowest BCUT2D eigenvalue weighted by Gasteiger charge is -2.23. The summed E-state index contributed by atoms with van der Waals surface area (Å²) in [5.74, 6) is 0. The van der Waals surface area contributed by atoms with Crippen LogP contribution < -0.4 is 0 Å². The van der Waals surface area contributed by atoms with Gasteiger partial charge in [0, 0.05) is 19.0 Å². The molecule has 0 heterocycles. The standard InChI is InChI=1S/C25H33O2P/c1-10-28(23(26)21-16(3)11-15(2)12-17(21)4)24(27)22-18(5)13-20(14-19(22)6)25(7,8)9/h11-14H,10H2,1-9H3. The van der Waals surface area contributed by atoms with Crippen LogP contribution in [0.15, 0.2) is 24.3 Å². The SMILES string of the molecule is CCP(C(=O)c1c(C)cc(C)cc1C)C(=O)c1c(C)cc(C(C)(C)C)cc1C. The van der Waals surface area contributed by atoms with E-state index in [0.29, 0.717) is 6.16 Å². The van der Waals surface area contributed by atoms with Crippen molar-refractivity contribution in [3.8, 4) is 0 Å². The van der Waals surface area contributed by atoms with Crippen LogP contribution in [0.2, 0.25) is 0 Å². The van der Waals surface area contributed by atoms with Crippen molar-refractivity contribution in [2.45, 2.75) is 67.7 Å². The van der Waals surface area contributed by atoms with Gasteiger partial charge in [-0.15, -0.1) is 0 Å². The third-order valence-electron chi connectivity index (χ3n) is 5.31. The van der Waals surface area contributed by atoms with E-state index in [4.69, 9.17) is 0 Å². The quantitative estimate of drug-likeness (QED) is 0.509. The fourth-order valence-electron chi connectivity index (χ4n) is 3.90. The van der Waals surface area contributed by atoms with Crippen molar-refractivity contribution in [2.75, 3.05) is 6.16 Å². The highest BCUT2D eigenvalue weighted by molar-refractivity contribution is 7.90. The van der Waals surface area contributed by atoms with E-state index in [0.717, 1.165) is 38.9 Å². The van der Waals surface area contributed by atoms with Gasteiger partial charge in [-0.2, -0.15) is 0 Å². The minimum atomic E-state index is -1.42. The highest BCUT2D eigenvalue weighted by Crippen LogP contribution is 2.45. The van der Waals surface area contributed by atoms with E-state index in [1.54, 1.807) is 0 Å². The molecule has 0 N–H and O–H groups in total. The predicted molar refractivity (Wildman–Crippen MR) is 121 cm³/mol. The number of aryl methyl sites for hydroxylation is 5. The van der Waals surface area contributed by atoms with E-state index in [1.807, 2.05) is 53.7 Å². The molecule has 0 saturated heterocycles. The minimum Gasteiger partial charge on any atom is -0.289 e. The average Bonchev–Trinajstić information content (AvgIpc) is 2.52. The van der Waals surface area contributed by atoms with Crippen LogP contribution in [0, 0.1) is 34.6 Å². The smallest absolute Gasteiger partial charge is 0.192 e. The molecule has 2 nitrogen and oxygen atoms in total. The summed E-state index contributed by atoms with van der Waals surface area (Å²) in [7, 11) is -1.42. The van der Waals surface area contributed by atoms with E-state index in [9.17, 15) is 9.59 Å². The van der Waals surface area contributed by atoms with Gasteiger partial charge in [0.25, 0.3) is 0 Å². The molecule has 0 amide bonds. The van der Waals surface area contributed by atoms with E-state index in [-0.39, 0.29) is 16.5 Å². The largest absolute Gasteiger partial charge is 0.289 e. The highest BCUT2D eigenvalue weighted by Gasteiger charge is 2.31. The first-order chi connectivity index (χ1) is 12.9. The van der Waals surface area contributed by atoms with Crippen molar-refractivity contribution in [1.29, 1.82) is 0 Å². The predicted octanol–water partition coefficient (Wildman–Crippen LogP) is 7.01. The van der Waals surface area contributed by atoms with Crippen LogP contribution in [-0.2, 0) is 5.41 Å². The molecule has 0 bridgehead atoms. The summed E-state index contributed by atoms with van der Waals surface area (Å²) in [5.41, 5.74) is 7.75. The summed E-state index contributed by atoms with van der Waals surface area (Å²) in [5, 5.41) is 0.